The summed E-state index contributed by atoms with van der Waals surface area (Å²) in [4.78, 5) is 2.61. The number of hydrogen-bond acceptors (Lipinski definition) is 4. The number of benzene rings is 1. The minimum absolute atomic E-state index is 0.418. The van der Waals surface area contributed by atoms with Gasteiger partial charge in [0.05, 0.1) is 12.0 Å². The summed E-state index contributed by atoms with van der Waals surface area (Å²) < 4.78 is 6.13. The van der Waals surface area contributed by atoms with Crippen LogP contribution in [0.25, 0.3) is 0 Å². The number of ether oxygens (including phenoxy) is 1. The van der Waals surface area contributed by atoms with Crippen molar-refractivity contribution in [3.8, 4) is 5.75 Å². The first-order valence-corrected chi connectivity index (χ1v) is 10.4. The van der Waals surface area contributed by atoms with Crippen molar-refractivity contribution in [2.45, 2.75) is 43.9 Å². The van der Waals surface area contributed by atoms with Gasteiger partial charge in [0, 0.05) is 12.1 Å². The van der Waals surface area contributed by atoms with Crippen molar-refractivity contribution < 1.29 is 4.74 Å². The van der Waals surface area contributed by atoms with Gasteiger partial charge in [-0.25, -0.2) is 0 Å². The lowest BCUT2D eigenvalue weighted by atomic mass is 10.00. The molecule has 1 atom stereocenters. The molecule has 128 valence electrons. The lowest BCUT2D eigenvalue weighted by Gasteiger charge is -2.27. The molecule has 1 aromatic rings. The monoisotopic (exact) mass is 334 g/mol. The van der Waals surface area contributed by atoms with E-state index in [1.54, 1.807) is 0 Å². The fourth-order valence-electron chi connectivity index (χ4n) is 3.68. The summed E-state index contributed by atoms with van der Waals surface area (Å²) in [5.74, 6) is 1.11. The summed E-state index contributed by atoms with van der Waals surface area (Å²) >= 11 is 1.87. The second-order valence-corrected chi connectivity index (χ2v) is 7.54. The van der Waals surface area contributed by atoms with E-state index in [9.17, 15) is 0 Å². The molecule has 0 spiro atoms. The van der Waals surface area contributed by atoms with Crippen LogP contribution in [-0.2, 0) is 6.42 Å². The number of thioether (sulfide) groups is 1. The SMILES string of the molecule is CSC1NCCc2c(OCCCCN3CCCCC3)cccc21. The van der Waals surface area contributed by atoms with E-state index in [1.807, 2.05) is 11.8 Å². The average molecular weight is 335 g/mol. The molecule has 3 nitrogen and oxygen atoms in total. The van der Waals surface area contributed by atoms with Gasteiger partial charge in [-0.05, 0) is 69.6 Å². The summed E-state index contributed by atoms with van der Waals surface area (Å²) in [5, 5.41) is 3.98. The van der Waals surface area contributed by atoms with E-state index in [-0.39, 0.29) is 0 Å². The Morgan fingerprint density at radius 1 is 1.22 bits per heavy atom. The van der Waals surface area contributed by atoms with Gasteiger partial charge in [0.15, 0.2) is 0 Å². The number of nitrogens with one attached hydrogen (secondary N) is 1. The summed E-state index contributed by atoms with van der Waals surface area (Å²) in [6.45, 7) is 5.75. The minimum Gasteiger partial charge on any atom is -0.493 e. The molecule has 0 amide bonds. The van der Waals surface area contributed by atoms with Gasteiger partial charge < -0.3 is 15.0 Å². The highest BCUT2D eigenvalue weighted by Gasteiger charge is 2.21. The molecule has 1 unspecified atom stereocenters. The molecule has 1 fully saturated rings. The van der Waals surface area contributed by atoms with Crippen LogP contribution in [0.1, 0.15) is 48.6 Å². The maximum absolute atomic E-state index is 6.13. The van der Waals surface area contributed by atoms with E-state index < -0.39 is 0 Å². The first-order chi connectivity index (χ1) is 11.4. The first kappa shape index (κ1) is 17.1. The Bertz CT molecular complexity index is 488. The van der Waals surface area contributed by atoms with Crippen LogP contribution < -0.4 is 10.1 Å². The summed E-state index contributed by atoms with van der Waals surface area (Å²) in [5.41, 5.74) is 2.83. The van der Waals surface area contributed by atoms with Crippen LogP contribution in [0.5, 0.6) is 5.75 Å². The Hall–Kier alpha value is -0.710. The van der Waals surface area contributed by atoms with E-state index >= 15 is 0 Å². The van der Waals surface area contributed by atoms with E-state index in [0.717, 1.165) is 31.7 Å². The van der Waals surface area contributed by atoms with Crippen LogP contribution in [0.4, 0.5) is 0 Å². The van der Waals surface area contributed by atoms with E-state index in [4.69, 9.17) is 4.74 Å². The maximum atomic E-state index is 6.13. The van der Waals surface area contributed by atoms with Crippen LogP contribution in [-0.4, -0.2) is 43.9 Å². The minimum atomic E-state index is 0.418. The molecule has 4 heteroatoms. The highest BCUT2D eigenvalue weighted by molar-refractivity contribution is 7.98. The number of likely N-dealkylation sites (tertiary alicyclic amines) is 1. The molecule has 0 bridgehead atoms. The lowest BCUT2D eigenvalue weighted by Crippen LogP contribution is -2.30. The zero-order valence-corrected chi connectivity index (χ0v) is 15.2. The predicted octanol–water partition coefficient (Wildman–Crippen LogP) is 3.84. The van der Waals surface area contributed by atoms with Crippen molar-refractivity contribution in [2.75, 3.05) is 39.0 Å². The molecule has 23 heavy (non-hydrogen) atoms. The molecule has 2 aliphatic rings. The smallest absolute Gasteiger partial charge is 0.122 e. The Morgan fingerprint density at radius 3 is 2.91 bits per heavy atom. The van der Waals surface area contributed by atoms with Gasteiger partial charge in [0.2, 0.25) is 0 Å². The third-order valence-electron chi connectivity index (χ3n) is 4.97. The van der Waals surface area contributed by atoms with E-state index in [2.05, 4.69) is 34.7 Å². The van der Waals surface area contributed by atoms with Crippen LogP contribution >= 0.6 is 11.8 Å². The number of unbranched alkanes of at least 4 members (excludes halogenated alkanes) is 1. The van der Waals surface area contributed by atoms with Crippen LogP contribution in [0, 0.1) is 0 Å². The fraction of sp³-hybridized carbons (Fsp3) is 0.684. The van der Waals surface area contributed by atoms with Crippen molar-refractivity contribution >= 4 is 11.8 Å². The van der Waals surface area contributed by atoms with E-state index in [0.29, 0.717) is 5.37 Å². The molecule has 1 aromatic carbocycles. The zero-order valence-electron chi connectivity index (χ0n) is 14.4. The summed E-state index contributed by atoms with van der Waals surface area (Å²) in [6.07, 6.45) is 9.85. The number of piperidine rings is 1. The van der Waals surface area contributed by atoms with Crippen molar-refractivity contribution in [1.82, 2.24) is 10.2 Å². The Balaban J connectivity index is 1.45. The largest absolute Gasteiger partial charge is 0.493 e. The molecular formula is C19H30N2OS. The molecule has 0 saturated carbocycles. The number of nitrogens with zero attached hydrogens (tertiary/aromatic N) is 1. The van der Waals surface area contributed by atoms with Gasteiger partial charge in [0.1, 0.15) is 5.75 Å². The third-order valence-corrected chi connectivity index (χ3v) is 5.86. The van der Waals surface area contributed by atoms with Crippen LogP contribution in [0.15, 0.2) is 18.2 Å². The number of hydrogen-bond donors (Lipinski definition) is 1. The quantitative estimate of drug-likeness (QED) is 0.766. The summed E-state index contributed by atoms with van der Waals surface area (Å²) in [6, 6.07) is 6.52. The van der Waals surface area contributed by atoms with Crippen LogP contribution in [0.3, 0.4) is 0 Å². The van der Waals surface area contributed by atoms with Crippen LogP contribution in [0.2, 0.25) is 0 Å². The van der Waals surface area contributed by atoms with Gasteiger partial charge >= 0.3 is 0 Å². The van der Waals surface area contributed by atoms with E-state index in [1.165, 1.54) is 56.4 Å². The molecule has 0 aliphatic carbocycles. The molecule has 3 rings (SSSR count). The number of rotatable bonds is 7. The van der Waals surface area contributed by atoms with Gasteiger partial charge in [-0.15, -0.1) is 11.8 Å². The first-order valence-electron chi connectivity index (χ1n) is 9.11. The lowest BCUT2D eigenvalue weighted by molar-refractivity contribution is 0.215. The fourth-order valence-corrected chi connectivity index (χ4v) is 4.44. The highest BCUT2D eigenvalue weighted by atomic mass is 32.2. The maximum Gasteiger partial charge on any atom is 0.122 e. The highest BCUT2D eigenvalue weighted by Crippen LogP contribution is 2.35. The van der Waals surface area contributed by atoms with Gasteiger partial charge in [-0.1, -0.05) is 18.6 Å². The van der Waals surface area contributed by atoms with Gasteiger partial charge in [-0.2, -0.15) is 0 Å². The molecule has 2 heterocycles. The molecule has 0 radical (unpaired) electrons. The topological polar surface area (TPSA) is 24.5 Å². The Morgan fingerprint density at radius 2 is 2.09 bits per heavy atom. The molecule has 1 N–H and O–H groups in total. The molecule has 1 saturated heterocycles. The Labute approximate surface area is 145 Å². The average Bonchev–Trinajstić information content (AvgIpc) is 2.62. The second kappa shape index (κ2) is 8.95. The third kappa shape index (κ3) is 4.65. The van der Waals surface area contributed by atoms with Crippen molar-refractivity contribution in [3.63, 3.8) is 0 Å². The van der Waals surface area contributed by atoms with Gasteiger partial charge in [0.25, 0.3) is 0 Å². The summed E-state index contributed by atoms with van der Waals surface area (Å²) in [7, 11) is 0. The Kier molecular flexibility index (Phi) is 6.67. The van der Waals surface area contributed by atoms with Crippen molar-refractivity contribution in [3.05, 3.63) is 29.3 Å². The molecule has 0 aromatic heterocycles. The van der Waals surface area contributed by atoms with Crippen molar-refractivity contribution in [1.29, 1.82) is 0 Å². The predicted molar refractivity (Wildman–Crippen MR) is 99.4 cm³/mol. The standard InChI is InChI=1S/C19H30N2OS/c1-23-19-17-8-7-9-18(16(17)10-11-20-19)22-15-6-5-14-21-12-3-2-4-13-21/h7-9,19-20H,2-6,10-15H2,1H3. The molecule has 2 aliphatic heterocycles. The van der Waals surface area contributed by atoms with Gasteiger partial charge in [-0.3, -0.25) is 0 Å². The second-order valence-electron chi connectivity index (χ2n) is 6.60. The normalized spacial score (nSPS) is 21.9. The molecular weight excluding hydrogens is 304 g/mol. The zero-order chi connectivity index (χ0) is 15.9. The number of fused-ring (bicyclic) bond motifs is 1. The van der Waals surface area contributed by atoms with Crippen molar-refractivity contribution in [2.24, 2.45) is 0 Å².